The summed E-state index contributed by atoms with van der Waals surface area (Å²) in [5.41, 5.74) is 0.475. The molecule has 0 aromatic carbocycles. The van der Waals surface area contributed by atoms with Gasteiger partial charge in [0.2, 0.25) is 5.91 Å². The van der Waals surface area contributed by atoms with Crippen molar-refractivity contribution in [3.05, 3.63) is 24.5 Å². The van der Waals surface area contributed by atoms with E-state index >= 15 is 0 Å². The molecule has 2 heterocycles. The third kappa shape index (κ3) is 5.28. The van der Waals surface area contributed by atoms with E-state index in [0.717, 1.165) is 5.56 Å². The number of rotatable bonds is 4. The van der Waals surface area contributed by atoms with Crippen LogP contribution in [0.15, 0.2) is 29.7 Å². The Labute approximate surface area is 150 Å². The molecule has 3 amide bonds. The number of nitrogens with one attached hydrogen (secondary N) is 2. The number of imide groups is 1. The van der Waals surface area contributed by atoms with Gasteiger partial charge in [0.25, 0.3) is 0 Å². The Morgan fingerprint density at radius 2 is 1.84 bits per heavy atom. The van der Waals surface area contributed by atoms with E-state index < -0.39 is 16.8 Å². The summed E-state index contributed by atoms with van der Waals surface area (Å²) < 4.78 is 1.80. The predicted molar refractivity (Wildman–Crippen MR) is 96.0 cm³/mol. The van der Waals surface area contributed by atoms with Crippen LogP contribution in [0.2, 0.25) is 0 Å². The number of aromatic nitrogens is 4. The lowest BCUT2D eigenvalue weighted by atomic mass is 10.1. The lowest BCUT2D eigenvalue weighted by molar-refractivity contribution is -0.119. The Bertz CT molecular complexity index is 754. The molecule has 2 aromatic rings. The van der Waals surface area contributed by atoms with Gasteiger partial charge in [0.05, 0.1) is 5.25 Å². The average molecular weight is 362 g/mol. The van der Waals surface area contributed by atoms with E-state index in [-0.39, 0.29) is 5.91 Å². The highest BCUT2D eigenvalue weighted by Crippen LogP contribution is 2.25. The lowest BCUT2D eigenvalue weighted by Crippen LogP contribution is -2.49. The monoisotopic (exact) mass is 362 g/mol. The molecule has 2 rings (SSSR count). The van der Waals surface area contributed by atoms with Gasteiger partial charge in [0.1, 0.15) is 0 Å². The molecule has 0 fully saturated rings. The number of pyridine rings is 1. The minimum Gasteiger partial charge on any atom is -0.333 e. The van der Waals surface area contributed by atoms with Gasteiger partial charge in [0, 0.05) is 30.5 Å². The zero-order valence-electron chi connectivity index (χ0n) is 14.9. The minimum atomic E-state index is -0.514. The van der Waals surface area contributed by atoms with Crippen molar-refractivity contribution in [1.29, 1.82) is 0 Å². The molecule has 0 bridgehead atoms. The molecule has 2 aromatic heterocycles. The van der Waals surface area contributed by atoms with E-state index in [9.17, 15) is 9.59 Å². The molecule has 0 aliphatic carbocycles. The minimum absolute atomic E-state index is 0.389. The number of thioether (sulfide) groups is 1. The molecule has 0 radical (unpaired) electrons. The first-order chi connectivity index (χ1) is 11.7. The summed E-state index contributed by atoms with van der Waals surface area (Å²) >= 11 is 1.24. The number of carbonyl (C=O) groups is 2. The quantitative estimate of drug-likeness (QED) is 0.807. The van der Waals surface area contributed by atoms with E-state index in [1.54, 1.807) is 23.9 Å². The molecule has 2 N–H and O–H groups in total. The van der Waals surface area contributed by atoms with Crippen LogP contribution in [0.25, 0.3) is 11.4 Å². The fourth-order valence-corrected chi connectivity index (χ4v) is 2.78. The Kier molecular flexibility index (Phi) is 5.78. The summed E-state index contributed by atoms with van der Waals surface area (Å²) in [4.78, 5) is 27.9. The topological polar surface area (TPSA) is 102 Å². The maximum Gasteiger partial charge on any atom is 0.321 e. The van der Waals surface area contributed by atoms with E-state index in [1.807, 2.05) is 40.0 Å². The smallest absolute Gasteiger partial charge is 0.321 e. The first kappa shape index (κ1) is 18.9. The molecule has 0 saturated carbocycles. The van der Waals surface area contributed by atoms with E-state index in [0.29, 0.717) is 11.0 Å². The Morgan fingerprint density at radius 3 is 2.44 bits per heavy atom. The van der Waals surface area contributed by atoms with Gasteiger partial charge in [0.15, 0.2) is 11.0 Å². The van der Waals surface area contributed by atoms with Gasteiger partial charge in [-0.3, -0.25) is 15.1 Å². The van der Waals surface area contributed by atoms with Gasteiger partial charge in [-0.1, -0.05) is 11.8 Å². The highest BCUT2D eigenvalue weighted by Gasteiger charge is 2.22. The molecule has 0 saturated heterocycles. The standard InChI is InChI=1S/C16H22N6O2S/c1-10(13(23)18-14(24)19-16(2,3)4)25-15-21-20-12(22(15)5)11-6-8-17-9-7-11/h6-10H,1-5H3,(H2,18,19,23,24)/t10-/m1/s1. The Morgan fingerprint density at radius 1 is 1.20 bits per heavy atom. The van der Waals surface area contributed by atoms with Crippen LogP contribution in [0.1, 0.15) is 27.7 Å². The van der Waals surface area contributed by atoms with Crippen LogP contribution >= 0.6 is 11.8 Å². The zero-order chi connectivity index (χ0) is 18.6. The fraction of sp³-hybridized carbons (Fsp3) is 0.438. The number of hydrogen-bond donors (Lipinski definition) is 2. The average Bonchev–Trinajstić information content (AvgIpc) is 2.87. The summed E-state index contributed by atoms with van der Waals surface area (Å²) in [5.74, 6) is 0.295. The molecule has 8 nitrogen and oxygen atoms in total. The maximum atomic E-state index is 12.2. The van der Waals surface area contributed by atoms with Crippen molar-refractivity contribution in [1.82, 2.24) is 30.4 Å². The number of amides is 3. The van der Waals surface area contributed by atoms with Crippen LogP contribution in [0.3, 0.4) is 0 Å². The molecule has 0 aliphatic rings. The van der Waals surface area contributed by atoms with Gasteiger partial charge < -0.3 is 9.88 Å². The van der Waals surface area contributed by atoms with E-state index in [4.69, 9.17) is 0 Å². The van der Waals surface area contributed by atoms with Gasteiger partial charge in [-0.2, -0.15) is 0 Å². The largest absolute Gasteiger partial charge is 0.333 e. The molecule has 0 unspecified atom stereocenters. The molecule has 0 spiro atoms. The summed E-state index contributed by atoms with van der Waals surface area (Å²) in [7, 11) is 1.83. The second-order valence-electron chi connectivity index (χ2n) is 6.55. The zero-order valence-corrected chi connectivity index (χ0v) is 15.7. The number of carbonyl (C=O) groups excluding carboxylic acids is 2. The number of urea groups is 1. The molecule has 0 aliphatic heterocycles. The Hall–Kier alpha value is -2.42. The van der Waals surface area contributed by atoms with Crippen molar-refractivity contribution >= 4 is 23.7 Å². The lowest BCUT2D eigenvalue weighted by Gasteiger charge is -2.21. The normalized spacial score (nSPS) is 12.5. The van der Waals surface area contributed by atoms with Crippen molar-refractivity contribution in [3.63, 3.8) is 0 Å². The Balaban J connectivity index is 2.01. The number of nitrogens with zero attached hydrogens (tertiary/aromatic N) is 4. The fourth-order valence-electron chi connectivity index (χ4n) is 1.97. The second kappa shape index (κ2) is 7.64. The van der Waals surface area contributed by atoms with Crippen molar-refractivity contribution in [2.75, 3.05) is 0 Å². The van der Waals surface area contributed by atoms with Gasteiger partial charge in [-0.15, -0.1) is 10.2 Å². The van der Waals surface area contributed by atoms with Crippen LogP contribution in [0.4, 0.5) is 4.79 Å². The van der Waals surface area contributed by atoms with Crippen LogP contribution in [-0.2, 0) is 11.8 Å². The maximum absolute atomic E-state index is 12.2. The highest BCUT2D eigenvalue weighted by molar-refractivity contribution is 8.00. The van der Waals surface area contributed by atoms with E-state index in [1.165, 1.54) is 11.8 Å². The first-order valence-corrected chi connectivity index (χ1v) is 8.65. The molecule has 9 heteroatoms. The first-order valence-electron chi connectivity index (χ1n) is 7.77. The van der Waals surface area contributed by atoms with Gasteiger partial charge in [-0.05, 0) is 39.8 Å². The van der Waals surface area contributed by atoms with Gasteiger partial charge in [-0.25, -0.2) is 4.79 Å². The second-order valence-corrected chi connectivity index (χ2v) is 7.86. The molecular formula is C16H22N6O2S. The van der Waals surface area contributed by atoms with Crippen molar-refractivity contribution in [2.24, 2.45) is 7.05 Å². The van der Waals surface area contributed by atoms with Crippen molar-refractivity contribution < 1.29 is 9.59 Å². The summed E-state index contributed by atoms with van der Waals surface area (Å²) in [6.07, 6.45) is 3.36. The highest BCUT2D eigenvalue weighted by atomic mass is 32.2. The van der Waals surface area contributed by atoms with E-state index in [2.05, 4.69) is 25.8 Å². The number of hydrogen-bond acceptors (Lipinski definition) is 6. The summed E-state index contributed by atoms with van der Waals surface area (Å²) in [5, 5.41) is 13.4. The van der Waals surface area contributed by atoms with Crippen LogP contribution in [0.5, 0.6) is 0 Å². The van der Waals surface area contributed by atoms with Crippen LogP contribution in [-0.4, -0.2) is 42.5 Å². The molecular weight excluding hydrogens is 340 g/mol. The predicted octanol–water partition coefficient (Wildman–Crippen LogP) is 1.98. The van der Waals surface area contributed by atoms with Crippen LogP contribution in [0, 0.1) is 0 Å². The van der Waals surface area contributed by atoms with Gasteiger partial charge >= 0.3 is 6.03 Å². The SMILES string of the molecule is C[C@@H](Sc1nnc(-c2ccncc2)n1C)C(=O)NC(=O)NC(C)(C)C. The summed E-state index contributed by atoms with van der Waals surface area (Å²) in [6, 6.07) is 3.16. The summed E-state index contributed by atoms with van der Waals surface area (Å²) in [6.45, 7) is 7.24. The van der Waals surface area contributed by atoms with Crippen molar-refractivity contribution in [2.45, 2.75) is 43.6 Å². The molecule has 25 heavy (non-hydrogen) atoms. The third-order valence-electron chi connectivity index (χ3n) is 3.15. The molecule has 134 valence electrons. The van der Waals surface area contributed by atoms with Crippen LogP contribution < -0.4 is 10.6 Å². The molecule has 1 atom stereocenters. The third-order valence-corrected chi connectivity index (χ3v) is 4.28. The van der Waals surface area contributed by atoms with Crippen molar-refractivity contribution in [3.8, 4) is 11.4 Å².